The molecule has 0 saturated carbocycles. The summed E-state index contributed by atoms with van der Waals surface area (Å²) >= 11 is 6.03. The van der Waals surface area contributed by atoms with Gasteiger partial charge in [-0.05, 0) is 56.3 Å². The molecule has 8 nitrogen and oxygen atoms in total. The second-order valence-corrected chi connectivity index (χ2v) is 7.18. The summed E-state index contributed by atoms with van der Waals surface area (Å²) < 4.78 is 17.8. The van der Waals surface area contributed by atoms with Crippen LogP contribution in [-0.4, -0.2) is 33.1 Å². The van der Waals surface area contributed by atoms with Crippen LogP contribution in [0, 0.1) is 13.8 Å². The molecular formula is C22H19ClN4O4. The van der Waals surface area contributed by atoms with Crippen molar-refractivity contribution >= 4 is 17.6 Å². The number of methoxy groups -OCH3 is 1. The Labute approximate surface area is 183 Å². The molecule has 4 aromatic rings. The molecule has 2 heterocycles. The zero-order valence-corrected chi connectivity index (χ0v) is 17.9. The van der Waals surface area contributed by atoms with E-state index in [9.17, 15) is 4.79 Å². The molecule has 158 valence electrons. The first kappa shape index (κ1) is 20.6. The minimum absolute atomic E-state index is 0.0520. The molecule has 0 radical (unpaired) electrons. The van der Waals surface area contributed by atoms with Gasteiger partial charge >= 0.3 is 5.97 Å². The smallest absolute Gasteiger partial charge is 0.361 e. The van der Waals surface area contributed by atoms with Crippen LogP contribution in [0.15, 0.2) is 52.9 Å². The van der Waals surface area contributed by atoms with Crippen molar-refractivity contribution in [3.05, 3.63) is 76.4 Å². The first-order valence-electron chi connectivity index (χ1n) is 9.42. The Balaban J connectivity index is 1.48. The highest BCUT2D eigenvalue weighted by Gasteiger charge is 2.20. The summed E-state index contributed by atoms with van der Waals surface area (Å²) in [6.45, 7) is 3.46. The van der Waals surface area contributed by atoms with E-state index in [1.807, 2.05) is 24.3 Å². The maximum atomic E-state index is 12.6. The zero-order chi connectivity index (χ0) is 22.0. The van der Waals surface area contributed by atoms with Crippen LogP contribution in [0.3, 0.4) is 0 Å². The molecule has 31 heavy (non-hydrogen) atoms. The lowest BCUT2D eigenvalue weighted by Crippen LogP contribution is -2.09. The van der Waals surface area contributed by atoms with Crippen molar-refractivity contribution in [3.63, 3.8) is 0 Å². The predicted octanol–water partition coefficient (Wildman–Crippen LogP) is 4.56. The third kappa shape index (κ3) is 4.29. The summed E-state index contributed by atoms with van der Waals surface area (Å²) in [6.07, 6.45) is 0. The van der Waals surface area contributed by atoms with Crippen molar-refractivity contribution in [1.29, 1.82) is 0 Å². The van der Waals surface area contributed by atoms with Gasteiger partial charge in [0.15, 0.2) is 5.69 Å². The van der Waals surface area contributed by atoms with E-state index in [1.165, 1.54) is 0 Å². The van der Waals surface area contributed by atoms with E-state index in [0.29, 0.717) is 28.1 Å². The van der Waals surface area contributed by atoms with Crippen molar-refractivity contribution in [2.24, 2.45) is 0 Å². The fourth-order valence-corrected chi connectivity index (χ4v) is 3.19. The Morgan fingerprint density at radius 2 is 1.94 bits per heavy atom. The second-order valence-electron chi connectivity index (χ2n) is 6.74. The second kappa shape index (κ2) is 8.61. The number of carbonyl (C=O) groups is 1. The number of aromatic nitrogens is 4. The summed E-state index contributed by atoms with van der Waals surface area (Å²) in [5, 5.41) is 8.63. The van der Waals surface area contributed by atoms with Gasteiger partial charge < -0.3 is 13.9 Å². The summed E-state index contributed by atoms with van der Waals surface area (Å²) in [4.78, 5) is 17.0. The van der Waals surface area contributed by atoms with Gasteiger partial charge in [0.1, 0.15) is 23.8 Å². The van der Waals surface area contributed by atoms with Gasteiger partial charge in [-0.3, -0.25) is 0 Å². The number of benzene rings is 2. The van der Waals surface area contributed by atoms with Crippen LogP contribution < -0.4 is 4.74 Å². The normalized spacial score (nSPS) is 10.8. The summed E-state index contributed by atoms with van der Waals surface area (Å²) in [6, 6.07) is 14.4. The van der Waals surface area contributed by atoms with Crippen molar-refractivity contribution in [3.8, 4) is 22.9 Å². The molecular weight excluding hydrogens is 420 g/mol. The topological polar surface area (TPSA) is 92.3 Å². The minimum atomic E-state index is -0.594. The first-order valence-corrected chi connectivity index (χ1v) is 9.80. The van der Waals surface area contributed by atoms with Crippen molar-refractivity contribution in [2.75, 3.05) is 7.11 Å². The molecule has 0 unspecified atom stereocenters. The van der Waals surface area contributed by atoms with E-state index in [2.05, 4.69) is 15.3 Å². The molecule has 0 aliphatic rings. The average Bonchev–Trinajstić information content (AvgIpc) is 3.34. The van der Waals surface area contributed by atoms with E-state index in [4.69, 9.17) is 25.5 Å². The van der Waals surface area contributed by atoms with Gasteiger partial charge in [-0.1, -0.05) is 22.9 Å². The number of esters is 1. The largest absolute Gasteiger partial charge is 0.497 e. The van der Waals surface area contributed by atoms with Crippen molar-refractivity contribution in [2.45, 2.75) is 20.5 Å². The number of carbonyl (C=O) groups excluding carboxylic acids is 1. The number of hydrogen-bond donors (Lipinski definition) is 0. The van der Waals surface area contributed by atoms with Gasteiger partial charge in [-0.2, -0.15) is 0 Å². The van der Waals surface area contributed by atoms with E-state index >= 15 is 0 Å². The number of ether oxygens (including phenoxy) is 2. The molecule has 0 bridgehead atoms. The maximum Gasteiger partial charge on any atom is 0.361 e. The lowest BCUT2D eigenvalue weighted by atomic mass is 10.2. The summed E-state index contributed by atoms with van der Waals surface area (Å²) in [5.74, 6) is 1.10. The standard InChI is InChI=1S/C22H19ClN4O4/c1-13-20(25-26-27(13)17-7-9-18(29-3)10-8-17)22(28)30-12-19-14(2)31-21(24-19)15-5-4-6-16(23)11-15/h4-11H,12H2,1-3H3. The van der Waals surface area contributed by atoms with E-state index < -0.39 is 5.97 Å². The lowest BCUT2D eigenvalue weighted by molar-refractivity contribution is 0.0459. The van der Waals surface area contributed by atoms with Crippen molar-refractivity contribution < 1.29 is 18.7 Å². The van der Waals surface area contributed by atoms with Gasteiger partial charge in [0.05, 0.1) is 18.5 Å². The van der Waals surface area contributed by atoms with E-state index in [1.54, 1.807) is 49.9 Å². The fraction of sp³-hybridized carbons (Fsp3) is 0.182. The minimum Gasteiger partial charge on any atom is -0.497 e. The molecule has 0 amide bonds. The van der Waals surface area contributed by atoms with Gasteiger partial charge in [-0.15, -0.1) is 5.10 Å². The molecule has 2 aromatic carbocycles. The number of hydrogen-bond acceptors (Lipinski definition) is 7. The molecule has 0 fully saturated rings. The third-order valence-corrected chi connectivity index (χ3v) is 4.94. The number of nitrogens with zero attached hydrogens (tertiary/aromatic N) is 4. The molecule has 0 saturated heterocycles. The van der Waals surface area contributed by atoms with Gasteiger partial charge in [0.2, 0.25) is 5.89 Å². The van der Waals surface area contributed by atoms with Crippen LogP contribution in [-0.2, 0) is 11.3 Å². The highest BCUT2D eigenvalue weighted by Crippen LogP contribution is 2.25. The summed E-state index contributed by atoms with van der Waals surface area (Å²) in [5.41, 5.74) is 2.71. The molecule has 4 rings (SSSR count). The molecule has 0 spiro atoms. The summed E-state index contributed by atoms with van der Waals surface area (Å²) in [7, 11) is 1.60. The molecule has 0 atom stereocenters. The maximum absolute atomic E-state index is 12.6. The highest BCUT2D eigenvalue weighted by molar-refractivity contribution is 6.30. The fourth-order valence-electron chi connectivity index (χ4n) is 3.00. The Kier molecular flexibility index (Phi) is 5.73. The number of oxazole rings is 1. The van der Waals surface area contributed by atoms with Crippen LogP contribution in [0.4, 0.5) is 0 Å². The Hall–Kier alpha value is -3.65. The Bertz CT molecular complexity index is 1230. The van der Waals surface area contributed by atoms with Gasteiger partial charge in [0, 0.05) is 10.6 Å². The van der Waals surface area contributed by atoms with E-state index in [0.717, 1.165) is 17.0 Å². The average molecular weight is 439 g/mol. The van der Waals surface area contributed by atoms with Crippen LogP contribution in [0.5, 0.6) is 5.75 Å². The molecule has 0 aliphatic heterocycles. The Morgan fingerprint density at radius 3 is 2.65 bits per heavy atom. The van der Waals surface area contributed by atoms with Crippen molar-refractivity contribution in [1.82, 2.24) is 20.0 Å². The molecule has 0 aliphatic carbocycles. The lowest BCUT2D eigenvalue weighted by Gasteiger charge is -2.05. The van der Waals surface area contributed by atoms with Gasteiger partial charge in [-0.25, -0.2) is 14.5 Å². The zero-order valence-electron chi connectivity index (χ0n) is 17.1. The SMILES string of the molecule is COc1ccc(-n2nnc(C(=O)OCc3nc(-c4cccc(Cl)c4)oc3C)c2C)cc1. The van der Waals surface area contributed by atoms with Crippen LogP contribution in [0.2, 0.25) is 5.02 Å². The molecule has 0 N–H and O–H groups in total. The van der Waals surface area contributed by atoms with E-state index in [-0.39, 0.29) is 12.3 Å². The first-order chi connectivity index (χ1) is 15.0. The quantitative estimate of drug-likeness (QED) is 0.407. The number of halogens is 1. The van der Waals surface area contributed by atoms with Crippen LogP contribution in [0.25, 0.3) is 17.1 Å². The number of rotatable bonds is 6. The number of aryl methyl sites for hydroxylation is 1. The predicted molar refractivity (Wildman–Crippen MR) is 113 cm³/mol. The van der Waals surface area contributed by atoms with Crippen LogP contribution >= 0.6 is 11.6 Å². The monoisotopic (exact) mass is 438 g/mol. The molecule has 2 aromatic heterocycles. The Morgan fingerprint density at radius 1 is 1.16 bits per heavy atom. The van der Waals surface area contributed by atoms with Crippen LogP contribution in [0.1, 0.15) is 27.6 Å². The van der Waals surface area contributed by atoms with Gasteiger partial charge in [0.25, 0.3) is 0 Å². The highest BCUT2D eigenvalue weighted by atomic mass is 35.5. The molecule has 9 heteroatoms. The third-order valence-electron chi connectivity index (χ3n) is 4.71.